The molecule has 1 N–H and O–H groups in total. The van der Waals surface area contributed by atoms with Crippen molar-refractivity contribution in [1.29, 1.82) is 0 Å². The van der Waals surface area contributed by atoms with Gasteiger partial charge in [-0.3, -0.25) is 5.32 Å². The van der Waals surface area contributed by atoms with Gasteiger partial charge in [0, 0.05) is 31.3 Å². The van der Waals surface area contributed by atoms with Crippen molar-refractivity contribution in [2.24, 2.45) is 0 Å². The molecule has 1 fully saturated rings. The van der Waals surface area contributed by atoms with E-state index < -0.39 is 36.2 Å². The SMILES string of the molecule is CCOC(=O)/C=C(/CC(NC(=O)OCC)(C(=O)OC)C(F)(F)F)N1CCCC1. The number of nitrogens with zero attached hydrogens (tertiary/aromatic N) is 1. The Morgan fingerprint density at radius 3 is 2.11 bits per heavy atom. The van der Waals surface area contributed by atoms with Crippen LogP contribution >= 0.6 is 0 Å². The van der Waals surface area contributed by atoms with Crippen LogP contribution < -0.4 is 5.32 Å². The number of halogens is 3. The minimum atomic E-state index is -5.22. The molecule has 1 rings (SSSR count). The van der Waals surface area contributed by atoms with E-state index in [1.807, 2.05) is 0 Å². The van der Waals surface area contributed by atoms with Gasteiger partial charge in [0.05, 0.1) is 20.3 Å². The molecule has 28 heavy (non-hydrogen) atoms. The Kier molecular flexibility index (Phi) is 8.58. The van der Waals surface area contributed by atoms with Crippen molar-refractivity contribution >= 4 is 18.0 Å². The zero-order valence-electron chi connectivity index (χ0n) is 16.1. The molecule has 1 saturated heterocycles. The Morgan fingerprint density at radius 1 is 1.07 bits per heavy atom. The van der Waals surface area contributed by atoms with Crippen LogP contribution in [0.2, 0.25) is 0 Å². The number of esters is 2. The molecule has 8 nitrogen and oxygen atoms in total. The van der Waals surface area contributed by atoms with Crippen molar-refractivity contribution in [3.8, 4) is 0 Å². The van der Waals surface area contributed by atoms with Crippen LogP contribution in [0.15, 0.2) is 11.8 Å². The second-order valence-electron chi connectivity index (χ2n) is 6.00. The molecule has 160 valence electrons. The number of nitrogens with one attached hydrogen (secondary N) is 1. The van der Waals surface area contributed by atoms with Gasteiger partial charge in [-0.05, 0) is 26.7 Å². The van der Waals surface area contributed by atoms with Gasteiger partial charge in [0.2, 0.25) is 5.54 Å². The molecule has 0 spiro atoms. The first-order valence-corrected chi connectivity index (χ1v) is 8.83. The lowest BCUT2D eigenvalue weighted by atomic mass is 9.91. The largest absolute Gasteiger partial charge is 0.467 e. The molecular formula is C17H25F3N2O6. The maximum atomic E-state index is 14.0. The van der Waals surface area contributed by atoms with Gasteiger partial charge in [-0.1, -0.05) is 0 Å². The molecule has 0 bridgehead atoms. The van der Waals surface area contributed by atoms with Crippen molar-refractivity contribution in [2.75, 3.05) is 33.4 Å². The zero-order chi connectivity index (χ0) is 21.4. The van der Waals surface area contributed by atoms with Crippen LogP contribution in [0.3, 0.4) is 0 Å². The Morgan fingerprint density at radius 2 is 1.64 bits per heavy atom. The summed E-state index contributed by atoms with van der Waals surface area (Å²) in [5, 5.41) is 1.60. The van der Waals surface area contributed by atoms with E-state index >= 15 is 0 Å². The van der Waals surface area contributed by atoms with E-state index in [2.05, 4.69) is 9.47 Å². The maximum absolute atomic E-state index is 14.0. The topological polar surface area (TPSA) is 94.2 Å². The van der Waals surface area contributed by atoms with Crippen molar-refractivity contribution in [3.05, 3.63) is 11.8 Å². The second kappa shape index (κ2) is 10.2. The lowest BCUT2D eigenvalue weighted by Crippen LogP contribution is -2.65. The summed E-state index contributed by atoms with van der Waals surface area (Å²) in [4.78, 5) is 37.4. The van der Waals surface area contributed by atoms with Crippen molar-refractivity contribution in [2.45, 2.75) is 44.8 Å². The highest BCUT2D eigenvalue weighted by atomic mass is 19.4. The zero-order valence-corrected chi connectivity index (χ0v) is 16.1. The number of ether oxygens (including phenoxy) is 3. The van der Waals surface area contributed by atoms with Crippen LogP contribution in [-0.2, 0) is 23.8 Å². The van der Waals surface area contributed by atoms with E-state index in [4.69, 9.17) is 4.74 Å². The summed E-state index contributed by atoms with van der Waals surface area (Å²) in [7, 11) is 0.778. The monoisotopic (exact) mass is 410 g/mol. The number of carbonyl (C=O) groups is 3. The third-order valence-corrected chi connectivity index (χ3v) is 4.14. The van der Waals surface area contributed by atoms with E-state index in [1.165, 1.54) is 6.92 Å². The molecule has 0 aromatic carbocycles. The number of amides is 1. The molecule has 1 heterocycles. The lowest BCUT2D eigenvalue weighted by molar-refractivity contribution is -0.211. The van der Waals surface area contributed by atoms with Crippen LogP contribution in [0.4, 0.5) is 18.0 Å². The number of alkyl halides is 3. The van der Waals surface area contributed by atoms with Gasteiger partial charge in [-0.15, -0.1) is 0 Å². The van der Waals surface area contributed by atoms with E-state index in [9.17, 15) is 27.6 Å². The summed E-state index contributed by atoms with van der Waals surface area (Å²) >= 11 is 0. The molecule has 1 unspecified atom stereocenters. The van der Waals surface area contributed by atoms with E-state index in [0.29, 0.717) is 25.9 Å². The first-order valence-electron chi connectivity index (χ1n) is 8.83. The van der Waals surface area contributed by atoms with Crippen LogP contribution in [-0.4, -0.2) is 68.1 Å². The normalized spacial score (nSPS) is 16.9. The minimum absolute atomic E-state index is 0.0328. The molecule has 1 amide bonds. The first-order chi connectivity index (χ1) is 13.1. The molecule has 0 radical (unpaired) electrons. The van der Waals surface area contributed by atoms with Gasteiger partial charge in [0.1, 0.15) is 0 Å². The number of hydrogen-bond acceptors (Lipinski definition) is 7. The number of likely N-dealkylation sites (tertiary alicyclic amines) is 1. The number of rotatable bonds is 8. The van der Waals surface area contributed by atoms with E-state index in [1.54, 1.807) is 17.1 Å². The van der Waals surface area contributed by atoms with Gasteiger partial charge in [0.25, 0.3) is 0 Å². The molecule has 0 aromatic heterocycles. The number of carbonyl (C=O) groups excluding carboxylic acids is 3. The highest BCUT2D eigenvalue weighted by molar-refractivity contribution is 5.88. The van der Waals surface area contributed by atoms with Gasteiger partial charge < -0.3 is 19.1 Å². The quantitative estimate of drug-likeness (QED) is 0.372. The minimum Gasteiger partial charge on any atom is -0.467 e. The predicted octanol–water partition coefficient (Wildman–Crippen LogP) is 2.14. The fraction of sp³-hybridized carbons (Fsp3) is 0.706. The molecule has 1 atom stereocenters. The van der Waals surface area contributed by atoms with Crippen molar-refractivity contribution < 1.29 is 41.8 Å². The summed E-state index contributed by atoms with van der Waals surface area (Å²) in [5.41, 5.74) is -3.51. The Balaban J connectivity index is 3.40. The van der Waals surface area contributed by atoms with Gasteiger partial charge in [0.15, 0.2) is 0 Å². The van der Waals surface area contributed by atoms with Gasteiger partial charge in [-0.25, -0.2) is 14.4 Å². The lowest BCUT2D eigenvalue weighted by Gasteiger charge is -2.36. The molecular weight excluding hydrogens is 385 g/mol. The Hall–Kier alpha value is -2.46. The summed E-state index contributed by atoms with van der Waals surface area (Å²) in [6, 6.07) is 0. The molecule has 0 aromatic rings. The molecule has 1 aliphatic heterocycles. The smallest absolute Gasteiger partial charge is 0.422 e. The van der Waals surface area contributed by atoms with Crippen LogP contribution in [0.1, 0.15) is 33.1 Å². The summed E-state index contributed by atoms with van der Waals surface area (Å²) in [5.74, 6) is -2.57. The molecule has 0 saturated carbocycles. The Bertz CT molecular complexity index is 602. The average Bonchev–Trinajstić information content (AvgIpc) is 3.13. The third-order valence-electron chi connectivity index (χ3n) is 4.14. The van der Waals surface area contributed by atoms with E-state index in [0.717, 1.165) is 13.2 Å². The average molecular weight is 410 g/mol. The number of alkyl carbamates (subject to hydrolysis) is 1. The Labute approximate surface area is 161 Å². The third kappa shape index (κ3) is 5.77. The number of methoxy groups -OCH3 is 1. The van der Waals surface area contributed by atoms with E-state index in [-0.39, 0.29) is 18.9 Å². The summed E-state index contributed by atoms with van der Waals surface area (Å²) in [6.45, 7) is 3.60. The molecule has 0 aliphatic carbocycles. The summed E-state index contributed by atoms with van der Waals surface area (Å²) in [6.07, 6.45) is -5.36. The van der Waals surface area contributed by atoms with Crippen molar-refractivity contribution in [3.63, 3.8) is 0 Å². The van der Waals surface area contributed by atoms with Crippen LogP contribution in [0.25, 0.3) is 0 Å². The van der Waals surface area contributed by atoms with Crippen LogP contribution in [0.5, 0.6) is 0 Å². The van der Waals surface area contributed by atoms with Crippen LogP contribution in [0, 0.1) is 0 Å². The maximum Gasteiger partial charge on any atom is 0.422 e. The highest BCUT2D eigenvalue weighted by Crippen LogP contribution is 2.38. The number of hydrogen-bond donors (Lipinski definition) is 1. The second-order valence-corrected chi connectivity index (χ2v) is 6.00. The molecule has 1 aliphatic rings. The van der Waals surface area contributed by atoms with Crippen molar-refractivity contribution in [1.82, 2.24) is 10.2 Å². The molecule has 11 heteroatoms. The van der Waals surface area contributed by atoms with Gasteiger partial charge >= 0.3 is 24.2 Å². The predicted molar refractivity (Wildman–Crippen MR) is 91.1 cm³/mol. The van der Waals surface area contributed by atoms with Gasteiger partial charge in [-0.2, -0.15) is 13.2 Å². The standard InChI is InChI=1S/C17H25F3N2O6/c1-4-27-13(23)10-12(22-8-6-7-9-22)11-16(14(24)26-3,17(18,19)20)21-15(25)28-5-2/h10H,4-9,11H2,1-3H3,(H,21,25)/b12-10-. The fourth-order valence-electron chi connectivity index (χ4n) is 2.82. The fourth-order valence-corrected chi connectivity index (χ4v) is 2.82. The first kappa shape index (κ1) is 23.6. The summed E-state index contributed by atoms with van der Waals surface area (Å²) < 4.78 is 55.7. The highest BCUT2D eigenvalue weighted by Gasteiger charge is 2.63.